The van der Waals surface area contributed by atoms with Crippen molar-refractivity contribution in [1.82, 2.24) is 20.2 Å². The summed E-state index contributed by atoms with van der Waals surface area (Å²) in [6.45, 7) is 2.53. The summed E-state index contributed by atoms with van der Waals surface area (Å²) in [6, 6.07) is 22.4. The van der Waals surface area contributed by atoms with Crippen molar-refractivity contribution in [2.45, 2.75) is 12.1 Å². The predicted octanol–water partition coefficient (Wildman–Crippen LogP) is 5.88. The van der Waals surface area contributed by atoms with Crippen LogP contribution in [0.1, 0.15) is 12.5 Å². The second-order valence-corrected chi connectivity index (χ2v) is 8.97. The molecule has 3 aromatic carbocycles. The van der Waals surface area contributed by atoms with Crippen molar-refractivity contribution in [3.05, 3.63) is 88.4 Å². The zero-order valence-corrected chi connectivity index (χ0v) is 21.0. The van der Waals surface area contributed by atoms with E-state index < -0.39 is 0 Å². The second kappa shape index (κ2) is 11.9. The van der Waals surface area contributed by atoms with Crippen LogP contribution in [0, 0.1) is 0 Å². The predicted molar refractivity (Wildman–Crippen MR) is 141 cm³/mol. The summed E-state index contributed by atoms with van der Waals surface area (Å²) in [5.41, 5.74) is 4.92. The molecule has 0 aliphatic carbocycles. The van der Waals surface area contributed by atoms with E-state index in [-0.39, 0.29) is 11.7 Å². The van der Waals surface area contributed by atoms with Gasteiger partial charge in [0.1, 0.15) is 5.75 Å². The molecule has 0 fully saturated rings. The van der Waals surface area contributed by atoms with Crippen molar-refractivity contribution in [2.75, 3.05) is 12.4 Å². The van der Waals surface area contributed by atoms with Crippen LogP contribution in [0.3, 0.4) is 0 Å². The maximum atomic E-state index is 12.4. The van der Waals surface area contributed by atoms with Gasteiger partial charge >= 0.3 is 0 Å². The smallest absolute Gasteiger partial charge is 0.250 e. The molecule has 0 aliphatic rings. The first-order valence-electron chi connectivity index (χ1n) is 10.7. The highest BCUT2D eigenvalue weighted by Crippen LogP contribution is 2.29. The number of hydrogen-bond acceptors (Lipinski definition) is 6. The summed E-state index contributed by atoms with van der Waals surface area (Å²) in [5.74, 6) is 1.25. The standard InChI is InChI=1S/C25H21Cl2N5O2S/c1-2-34-21-12-10-20(11-13-21)32-24(17-6-4-3-5-7-17)30-31-25(32)35-16-23(33)29-28-15-18-8-9-19(26)14-22(18)27/h3-15H,2,16H2,1H3,(H,29,33)/b28-15+. The molecule has 1 amide bonds. The zero-order chi connectivity index (χ0) is 24.6. The summed E-state index contributed by atoms with van der Waals surface area (Å²) >= 11 is 13.3. The molecule has 1 N–H and O–H groups in total. The molecular weight excluding hydrogens is 505 g/mol. The Balaban J connectivity index is 1.50. The lowest BCUT2D eigenvalue weighted by molar-refractivity contribution is -0.118. The molecule has 35 heavy (non-hydrogen) atoms. The highest BCUT2D eigenvalue weighted by molar-refractivity contribution is 7.99. The Hall–Kier alpha value is -3.33. The van der Waals surface area contributed by atoms with Gasteiger partial charge in [-0.05, 0) is 43.3 Å². The number of hydrogen-bond donors (Lipinski definition) is 1. The third-order valence-electron chi connectivity index (χ3n) is 4.76. The fourth-order valence-electron chi connectivity index (χ4n) is 3.17. The Morgan fingerprint density at radius 2 is 1.86 bits per heavy atom. The fraction of sp³-hybridized carbons (Fsp3) is 0.120. The van der Waals surface area contributed by atoms with E-state index in [2.05, 4.69) is 20.7 Å². The van der Waals surface area contributed by atoms with Crippen LogP contribution in [-0.4, -0.2) is 39.2 Å². The summed E-state index contributed by atoms with van der Waals surface area (Å²) in [4.78, 5) is 12.4. The first-order valence-corrected chi connectivity index (χ1v) is 12.4. The van der Waals surface area contributed by atoms with Crippen LogP contribution >= 0.6 is 35.0 Å². The van der Waals surface area contributed by atoms with Crippen molar-refractivity contribution >= 4 is 47.1 Å². The molecule has 0 atom stereocenters. The summed E-state index contributed by atoms with van der Waals surface area (Å²) in [6.07, 6.45) is 1.47. The van der Waals surface area contributed by atoms with Gasteiger partial charge in [-0.15, -0.1) is 10.2 Å². The number of benzene rings is 3. The lowest BCUT2D eigenvalue weighted by Crippen LogP contribution is -2.20. The molecule has 1 heterocycles. The summed E-state index contributed by atoms with van der Waals surface area (Å²) < 4.78 is 7.47. The molecule has 4 aromatic rings. The average molecular weight is 526 g/mol. The van der Waals surface area contributed by atoms with Gasteiger partial charge in [0.05, 0.1) is 23.6 Å². The number of rotatable bonds is 9. The highest BCUT2D eigenvalue weighted by Gasteiger charge is 2.17. The van der Waals surface area contributed by atoms with Crippen LogP contribution in [0.15, 0.2) is 83.1 Å². The van der Waals surface area contributed by atoms with E-state index in [1.807, 2.05) is 66.1 Å². The summed E-state index contributed by atoms with van der Waals surface area (Å²) in [7, 11) is 0. The Labute approximate surface area is 217 Å². The van der Waals surface area contributed by atoms with Crippen molar-refractivity contribution in [3.8, 4) is 22.8 Å². The van der Waals surface area contributed by atoms with Gasteiger partial charge in [-0.2, -0.15) is 5.10 Å². The SMILES string of the molecule is CCOc1ccc(-n2c(SCC(=O)N/N=C/c3ccc(Cl)cc3Cl)nnc2-c2ccccc2)cc1. The molecular formula is C25H21Cl2N5O2S. The molecule has 0 aliphatic heterocycles. The van der Waals surface area contributed by atoms with Gasteiger partial charge in [0.2, 0.25) is 0 Å². The molecule has 0 unspecified atom stereocenters. The fourth-order valence-corrected chi connectivity index (χ4v) is 4.37. The Morgan fingerprint density at radius 1 is 1.09 bits per heavy atom. The normalized spacial score (nSPS) is 11.1. The largest absolute Gasteiger partial charge is 0.494 e. The molecule has 4 rings (SSSR count). The number of ether oxygens (including phenoxy) is 1. The van der Waals surface area contributed by atoms with Gasteiger partial charge in [-0.1, -0.05) is 71.4 Å². The molecule has 10 heteroatoms. The van der Waals surface area contributed by atoms with E-state index >= 15 is 0 Å². The first kappa shape index (κ1) is 24.8. The van der Waals surface area contributed by atoms with E-state index in [0.29, 0.717) is 33.2 Å². The van der Waals surface area contributed by atoms with Crippen LogP contribution in [0.5, 0.6) is 5.75 Å². The number of halogens is 2. The Kier molecular flexibility index (Phi) is 8.41. The number of hydrazone groups is 1. The minimum absolute atomic E-state index is 0.0929. The molecule has 1 aromatic heterocycles. The maximum absolute atomic E-state index is 12.4. The molecule has 178 valence electrons. The van der Waals surface area contributed by atoms with Gasteiger partial charge in [-0.3, -0.25) is 9.36 Å². The van der Waals surface area contributed by atoms with E-state index in [9.17, 15) is 4.79 Å². The first-order chi connectivity index (χ1) is 17.0. The number of nitrogens with zero attached hydrogens (tertiary/aromatic N) is 4. The molecule has 0 radical (unpaired) electrons. The minimum Gasteiger partial charge on any atom is -0.494 e. The number of carbonyl (C=O) groups excluding carboxylic acids is 1. The topological polar surface area (TPSA) is 81.4 Å². The number of nitrogens with one attached hydrogen (secondary N) is 1. The average Bonchev–Trinajstić information content (AvgIpc) is 3.29. The molecule has 0 spiro atoms. The van der Waals surface area contributed by atoms with Crippen LogP contribution < -0.4 is 10.2 Å². The Bertz CT molecular complexity index is 1330. The van der Waals surface area contributed by atoms with E-state index in [1.165, 1.54) is 18.0 Å². The zero-order valence-electron chi connectivity index (χ0n) is 18.7. The minimum atomic E-state index is -0.293. The monoisotopic (exact) mass is 525 g/mol. The second-order valence-electron chi connectivity index (χ2n) is 7.18. The number of carbonyl (C=O) groups is 1. The van der Waals surface area contributed by atoms with Gasteiger partial charge < -0.3 is 4.74 Å². The van der Waals surface area contributed by atoms with Crippen molar-refractivity contribution in [1.29, 1.82) is 0 Å². The third-order valence-corrected chi connectivity index (χ3v) is 6.25. The van der Waals surface area contributed by atoms with Crippen LogP contribution in [-0.2, 0) is 4.79 Å². The molecule has 0 saturated heterocycles. The Morgan fingerprint density at radius 3 is 2.57 bits per heavy atom. The third kappa shape index (κ3) is 6.42. The molecule has 0 bridgehead atoms. The lowest BCUT2D eigenvalue weighted by atomic mass is 10.2. The van der Waals surface area contributed by atoms with Crippen molar-refractivity contribution in [2.24, 2.45) is 5.10 Å². The van der Waals surface area contributed by atoms with E-state index in [1.54, 1.807) is 18.2 Å². The van der Waals surface area contributed by atoms with E-state index in [4.69, 9.17) is 27.9 Å². The van der Waals surface area contributed by atoms with Gasteiger partial charge in [0, 0.05) is 21.8 Å². The lowest BCUT2D eigenvalue weighted by Gasteiger charge is -2.11. The van der Waals surface area contributed by atoms with Gasteiger partial charge in [0.25, 0.3) is 5.91 Å². The van der Waals surface area contributed by atoms with Crippen LogP contribution in [0.25, 0.3) is 17.1 Å². The molecule has 7 nitrogen and oxygen atoms in total. The number of amides is 1. The number of thioether (sulfide) groups is 1. The van der Waals surface area contributed by atoms with E-state index in [0.717, 1.165) is 17.0 Å². The molecule has 0 saturated carbocycles. The van der Waals surface area contributed by atoms with Crippen LogP contribution in [0.4, 0.5) is 0 Å². The number of aromatic nitrogens is 3. The van der Waals surface area contributed by atoms with Crippen molar-refractivity contribution < 1.29 is 9.53 Å². The van der Waals surface area contributed by atoms with Crippen LogP contribution in [0.2, 0.25) is 10.0 Å². The van der Waals surface area contributed by atoms with Crippen molar-refractivity contribution in [3.63, 3.8) is 0 Å². The highest BCUT2D eigenvalue weighted by atomic mass is 35.5. The quantitative estimate of drug-likeness (QED) is 0.167. The summed E-state index contributed by atoms with van der Waals surface area (Å²) in [5, 5.41) is 14.3. The maximum Gasteiger partial charge on any atom is 0.250 e. The van der Waals surface area contributed by atoms with Gasteiger partial charge in [-0.25, -0.2) is 5.43 Å². The van der Waals surface area contributed by atoms with Gasteiger partial charge in [0.15, 0.2) is 11.0 Å².